The second-order valence-electron chi connectivity index (χ2n) is 7.80. The van der Waals surface area contributed by atoms with E-state index in [-0.39, 0.29) is 13.2 Å². The van der Waals surface area contributed by atoms with Crippen LogP contribution >= 0.6 is 0 Å². The molecule has 168 valence electrons. The minimum atomic E-state index is -1.13. The smallest absolute Gasteiger partial charge is 0.330 e. The van der Waals surface area contributed by atoms with Crippen molar-refractivity contribution < 1.29 is 19.3 Å². The highest BCUT2D eigenvalue weighted by Gasteiger charge is 2.46. The Hall–Kier alpha value is -3.04. The van der Waals surface area contributed by atoms with E-state index in [1.165, 1.54) is 10.8 Å². The van der Waals surface area contributed by atoms with E-state index < -0.39 is 35.8 Å². The second kappa shape index (κ2) is 10.1. The predicted octanol–water partition coefficient (Wildman–Crippen LogP) is 1.91. The first-order chi connectivity index (χ1) is 15.5. The second-order valence-corrected chi connectivity index (χ2v) is 7.80. The van der Waals surface area contributed by atoms with Crippen molar-refractivity contribution in [1.82, 2.24) is 9.55 Å². The maximum Gasteiger partial charge on any atom is 0.330 e. The molecule has 1 aliphatic rings. The van der Waals surface area contributed by atoms with E-state index in [1.54, 1.807) is 6.92 Å². The van der Waals surface area contributed by atoms with Crippen LogP contribution in [0.1, 0.15) is 22.9 Å². The summed E-state index contributed by atoms with van der Waals surface area (Å²) in [6.45, 7) is 2.40. The molecule has 3 aromatic rings. The first-order valence-electron chi connectivity index (χ1n) is 10.5. The molecule has 2 aromatic carbocycles. The summed E-state index contributed by atoms with van der Waals surface area (Å²) < 4.78 is 19.1. The van der Waals surface area contributed by atoms with Crippen LogP contribution in [0.25, 0.3) is 0 Å². The van der Waals surface area contributed by atoms with E-state index in [4.69, 9.17) is 14.2 Å². The van der Waals surface area contributed by atoms with Gasteiger partial charge >= 0.3 is 5.69 Å². The van der Waals surface area contributed by atoms with E-state index in [0.717, 1.165) is 11.1 Å². The van der Waals surface area contributed by atoms with Crippen molar-refractivity contribution in [2.24, 2.45) is 0 Å². The van der Waals surface area contributed by atoms with Crippen LogP contribution in [0.5, 0.6) is 0 Å². The average molecular weight is 438 g/mol. The monoisotopic (exact) mass is 438 g/mol. The van der Waals surface area contributed by atoms with Gasteiger partial charge in [-0.15, -0.1) is 0 Å². The van der Waals surface area contributed by atoms with Gasteiger partial charge in [0, 0.05) is 11.8 Å². The van der Waals surface area contributed by atoms with Gasteiger partial charge in [0.25, 0.3) is 5.56 Å². The number of aliphatic hydroxyl groups is 1. The number of aryl methyl sites for hydroxylation is 1. The minimum Gasteiger partial charge on any atom is -0.386 e. The molecular formula is C24H26N2O6. The molecule has 4 atom stereocenters. The molecule has 8 heteroatoms. The van der Waals surface area contributed by atoms with Gasteiger partial charge in [0.2, 0.25) is 0 Å². The van der Waals surface area contributed by atoms with Crippen molar-refractivity contribution in [2.75, 3.05) is 6.61 Å². The predicted molar refractivity (Wildman–Crippen MR) is 117 cm³/mol. The van der Waals surface area contributed by atoms with Gasteiger partial charge in [0.15, 0.2) is 6.23 Å². The SMILES string of the molecule is Cc1cn([C@@H]2O[C@H](COCc3ccccc3)[C@H](OCc3ccccc3)[C@@H]2O)c(=O)[nH]c1=O. The Morgan fingerprint density at radius 2 is 1.62 bits per heavy atom. The first kappa shape index (κ1) is 22.2. The number of aromatic nitrogens is 2. The molecule has 8 nitrogen and oxygen atoms in total. The normalized spacial score (nSPS) is 22.8. The number of aliphatic hydroxyl groups excluding tert-OH is 1. The molecule has 32 heavy (non-hydrogen) atoms. The molecule has 1 aliphatic heterocycles. The summed E-state index contributed by atoms with van der Waals surface area (Å²) in [5.41, 5.74) is 1.17. The summed E-state index contributed by atoms with van der Waals surface area (Å²) in [6.07, 6.45) is -2.09. The van der Waals surface area contributed by atoms with Crippen molar-refractivity contribution in [2.45, 2.75) is 44.7 Å². The average Bonchev–Trinajstić information content (AvgIpc) is 3.11. The molecular weight excluding hydrogens is 412 g/mol. The van der Waals surface area contributed by atoms with Crippen LogP contribution in [0.3, 0.4) is 0 Å². The summed E-state index contributed by atoms with van der Waals surface area (Å²) in [4.78, 5) is 26.3. The third kappa shape index (κ3) is 5.05. The molecule has 0 radical (unpaired) electrons. The lowest BCUT2D eigenvalue weighted by Crippen LogP contribution is -2.39. The Kier molecular flexibility index (Phi) is 6.96. The number of hydrogen-bond donors (Lipinski definition) is 2. The fourth-order valence-electron chi connectivity index (χ4n) is 3.70. The molecule has 0 saturated carbocycles. The van der Waals surface area contributed by atoms with Gasteiger partial charge in [0.05, 0.1) is 19.8 Å². The summed E-state index contributed by atoms with van der Waals surface area (Å²) in [6, 6.07) is 19.3. The standard InChI is InChI=1S/C24H26N2O6/c1-16-12-26(24(29)25-22(16)28)23-20(27)21(31-14-18-10-6-3-7-11-18)19(32-23)15-30-13-17-8-4-2-5-9-17/h2-12,19-21,23,27H,13-15H2,1H3,(H,25,28,29)/t19-,20+,21+,23-/m1/s1. The van der Waals surface area contributed by atoms with Gasteiger partial charge in [0.1, 0.15) is 18.3 Å². The van der Waals surface area contributed by atoms with Crippen LogP contribution in [0.4, 0.5) is 0 Å². The van der Waals surface area contributed by atoms with Crippen molar-refractivity contribution in [3.05, 3.63) is 104 Å². The lowest BCUT2D eigenvalue weighted by Gasteiger charge is -2.21. The van der Waals surface area contributed by atoms with Crippen molar-refractivity contribution >= 4 is 0 Å². The number of rotatable bonds is 8. The number of H-pyrrole nitrogens is 1. The van der Waals surface area contributed by atoms with Crippen molar-refractivity contribution in [3.63, 3.8) is 0 Å². The molecule has 2 N–H and O–H groups in total. The summed E-state index contributed by atoms with van der Waals surface area (Å²) >= 11 is 0. The zero-order valence-electron chi connectivity index (χ0n) is 17.7. The van der Waals surface area contributed by atoms with Crippen molar-refractivity contribution in [1.29, 1.82) is 0 Å². The zero-order valence-corrected chi connectivity index (χ0v) is 17.7. The molecule has 1 saturated heterocycles. The first-order valence-corrected chi connectivity index (χ1v) is 10.5. The van der Waals surface area contributed by atoms with Crippen LogP contribution < -0.4 is 11.2 Å². The maximum absolute atomic E-state index is 12.4. The van der Waals surface area contributed by atoms with E-state index in [9.17, 15) is 14.7 Å². The Morgan fingerprint density at radius 1 is 1.00 bits per heavy atom. The van der Waals surface area contributed by atoms with Crippen LogP contribution in [0, 0.1) is 6.92 Å². The number of ether oxygens (including phenoxy) is 3. The molecule has 0 spiro atoms. The summed E-state index contributed by atoms with van der Waals surface area (Å²) in [5.74, 6) is 0. The molecule has 2 heterocycles. The maximum atomic E-state index is 12.4. The number of nitrogens with one attached hydrogen (secondary N) is 1. The number of aromatic amines is 1. The quantitative estimate of drug-likeness (QED) is 0.557. The number of hydrogen-bond acceptors (Lipinski definition) is 6. The van der Waals surface area contributed by atoms with Crippen LogP contribution in [-0.4, -0.2) is 39.6 Å². The van der Waals surface area contributed by atoms with Crippen LogP contribution in [-0.2, 0) is 27.4 Å². The lowest BCUT2D eigenvalue weighted by atomic mass is 10.1. The van der Waals surface area contributed by atoms with Gasteiger partial charge in [-0.3, -0.25) is 14.3 Å². The van der Waals surface area contributed by atoms with E-state index in [1.807, 2.05) is 60.7 Å². The van der Waals surface area contributed by atoms with E-state index in [0.29, 0.717) is 12.2 Å². The molecule has 0 unspecified atom stereocenters. The highest BCUT2D eigenvalue weighted by atomic mass is 16.6. The lowest BCUT2D eigenvalue weighted by molar-refractivity contribution is -0.0833. The largest absolute Gasteiger partial charge is 0.386 e. The van der Waals surface area contributed by atoms with Gasteiger partial charge in [-0.05, 0) is 18.1 Å². The number of nitrogens with zero attached hydrogens (tertiary/aromatic N) is 1. The summed E-state index contributed by atoms with van der Waals surface area (Å²) in [7, 11) is 0. The van der Waals surface area contributed by atoms with Gasteiger partial charge in [-0.25, -0.2) is 4.79 Å². The Labute approximate surface area is 185 Å². The van der Waals surface area contributed by atoms with Gasteiger partial charge in [-0.1, -0.05) is 60.7 Å². The summed E-state index contributed by atoms with van der Waals surface area (Å²) in [5, 5.41) is 11.0. The molecule has 0 bridgehead atoms. The van der Waals surface area contributed by atoms with Crippen molar-refractivity contribution in [3.8, 4) is 0 Å². The van der Waals surface area contributed by atoms with Crippen LogP contribution in [0.2, 0.25) is 0 Å². The highest BCUT2D eigenvalue weighted by molar-refractivity contribution is 5.14. The molecule has 1 fully saturated rings. The number of benzene rings is 2. The fraction of sp³-hybridized carbons (Fsp3) is 0.333. The molecule has 4 rings (SSSR count). The Morgan fingerprint density at radius 3 is 2.28 bits per heavy atom. The van der Waals surface area contributed by atoms with Gasteiger partial charge in [-0.2, -0.15) is 0 Å². The van der Waals surface area contributed by atoms with E-state index >= 15 is 0 Å². The molecule has 0 aliphatic carbocycles. The fourth-order valence-corrected chi connectivity index (χ4v) is 3.70. The zero-order chi connectivity index (χ0) is 22.5. The van der Waals surface area contributed by atoms with Gasteiger partial charge < -0.3 is 19.3 Å². The third-order valence-corrected chi connectivity index (χ3v) is 5.41. The molecule has 1 aromatic heterocycles. The Bertz CT molecular complexity index is 1130. The molecule has 0 amide bonds. The minimum absolute atomic E-state index is 0.166. The third-order valence-electron chi connectivity index (χ3n) is 5.41. The van der Waals surface area contributed by atoms with Crippen LogP contribution in [0.15, 0.2) is 76.4 Å². The topological polar surface area (TPSA) is 103 Å². The Balaban J connectivity index is 1.51. The van der Waals surface area contributed by atoms with E-state index in [2.05, 4.69) is 4.98 Å². The highest BCUT2D eigenvalue weighted by Crippen LogP contribution is 2.31.